The molecule has 3 rings (SSSR count). The molecule has 10 heteroatoms. The van der Waals surface area contributed by atoms with Crippen molar-refractivity contribution >= 4 is 41.0 Å². The van der Waals surface area contributed by atoms with E-state index in [0.717, 1.165) is 10.5 Å². The van der Waals surface area contributed by atoms with Crippen molar-refractivity contribution in [2.45, 2.75) is 78.6 Å². The molecular weight excluding hydrogens is 510 g/mol. The minimum atomic E-state index is -1.18. The topological polar surface area (TPSA) is 128 Å². The Kier molecular flexibility index (Phi) is 9.68. The number of nitrogens with zero attached hydrogens (tertiary/aromatic N) is 2. The summed E-state index contributed by atoms with van der Waals surface area (Å²) in [4.78, 5) is 66.7. The quantitative estimate of drug-likeness (QED) is 0.348. The van der Waals surface area contributed by atoms with Crippen molar-refractivity contribution in [3.63, 3.8) is 0 Å². The lowest BCUT2D eigenvalue weighted by molar-refractivity contribution is -0.139. The van der Waals surface area contributed by atoms with E-state index in [1.54, 1.807) is 57.2 Å². The van der Waals surface area contributed by atoms with Gasteiger partial charge in [-0.3, -0.25) is 14.4 Å². The van der Waals surface area contributed by atoms with Gasteiger partial charge in [-0.1, -0.05) is 44.2 Å². The van der Waals surface area contributed by atoms with Crippen molar-refractivity contribution in [3.05, 3.63) is 60.2 Å². The smallest absolute Gasteiger partial charge is 0.328 e. The van der Waals surface area contributed by atoms with Crippen LogP contribution in [0, 0.1) is 5.92 Å². The first-order valence-corrected chi connectivity index (χ1v) is 13.5. The number of nitrogens with one attached hydrogen (secondary N) is 3. The fourth-order valence-corrected chi connectivity index (χ4v) is 4.69. The van der Waals surface area contributed by atoms with Crippen LogP contribution in [0.1, 0.15) is 59.9 Å². The highest BCUT2D eigenvalue weighted by molar-refractivity contribution is 6.09. The second-order valence-corrected chi connectivity index (χ2v) is 11.2. The normalized spacial score (nSPS) is 16.1. The maximum Gasteiger partial charge on any atom is 0.328 e. The molecule has 0 unspecified atom stereocenters. The molecule has 1 fully saturated rings. The van der Waals surface area contributed by atoms with Crippen LogP contribution in [0.2, 0.25) is 0 Å². The average molecular weight is 550 g/mol. The maximum absolute atomic E-state index is 13.6. The first kappa shape index (κ1) is 30.3. The number of carbonyl (C=O) groups excluding carboxylic acids is 5. The number of amides is 6. The summed E-state index contributed by atoms with van der Waals surface area (Å²) in [5, 5.41) is 8.31. The molecule has 0 aromatic heterocycles. The number of rotatable bonds is 11. The van der Waals surface area contributed by atoms with Gasteiger partial charge >= 0.3 is 12.1 Å². The number of urea groups is 2. The highest BCUT2D eigenvalue weighted by Crippen LogP contribution is 2.33. The third kappa shape index (κ3) is 7.46. The molecule has 0 bridgehead atoms. The second-order valence-electron chi connectivity index (χ2n) is 11.2. The second kappa shape index (κ2) is 12.8. The molecule has 40 heavy (non-hydrogen) atoms. The lowest BCUT2D eigenvalue weighted by Gasteiger charge is -2.28. The van der Waals surface area contributed by atoms with Crippen LogP contribution in [0.3, 0.4) is 0 Å². The minimum absolute atomic E-state index is 0.0377. The van der Waals surface area contributed by atoms with Crippen molar-refractivity contribution < 1.29 is 24.0 Å². The van der Waals surface area contributed by atoms with E-state index in [9.17, 15) is 24.0 Å². The first-order valence-electron chi connectivity index (χ1n) is 13.5. The zero-order valence-electron chi connectivity index (χ0n) is 24.0. The summed E-state index contributed by atoms with van der Waals surface area (Å²) in [6, 6.07) is 13.7. The lowest BCUT2D eigenvalue weighted by atomic mass is 9.99. The molecule has 1 saturated heterocycles. The standard InChI is InChI=1S/C30H39N5O5/c1-19(2)16-25(26(37)31-20(3)17-21(4)36)35-27(38)30(5,6)34(29(35)40)18-22-12-14-24(15-13-22)33-28(39)32-23-10-8-7-9-11-23/h7-15,19-20,25H,16-18H2,1-6H3,(H,31,37)(H2,32,33,39)/t20-,25+/m1/s1. The number of hydrogen-bond acceptors (Lipinski definition) is 5. The Balaban J connectivity index is 1.73. The Morgan fingerprint density at radius 1 is 0.875 bits per heavy atom. The molecule has 0 radical (unpaired) electrons. The molecule has 1 heterocycles. The van der Waals surface area contributed by atoms with Crippen LogP contribution < -0.4 is 16.0 Å². The zero-order chi connectivity index (χ0) is 29.6. The van der Waals surface area contributed by atoms with Gasteiger partial charge in [-0.2, -0.15) is 0 Å². The third-order valence-corrected chi connectivity index (χ3v) is 6.73. The lowest BCUT2D eigenvalue weighted by Crippen LogP contribution is -2.53. The molecule has 3 N–H and O–H groups in total. The van der Waals surface area contributed by atoms with E-state index in [0.29, 0.717) is 17.8 Å². The van der Waals surface area contributed by atoms with Crippen LogP contribution in [0.4, 0.5) is 21.0 Å². The molecule has 0 aliphatic carbocycles. The Hall–Kier alpha value is -4.21. The van der Waals surface area contributed by atoms with Gasteiger partial charge < -0.3 is 20.9 Å². The number of Topliss-reactive ketones (excluding diaryl/α,β-unsaturated/α-hetero) is 1. The molecular formula is C30H39N5O5. The van der Waals surface area contributed by atoms with Crippen LogP contribution in [0.25, 0.3) is 0 Å². The number of hydrogen-bond donors (Lipinski definition) is 3. The van der Waals surface area contributed by atoms with Gasteiger partial charge in [0, 0.05) is 30.4 Å². The summed E-state index contributed by atoms with van der Waals surface area (Å²) in [5.74, 6) is -0.929. The van der Waals surface area contributed by atoms with Crippen molar-refractivity contribution in [2.24, 2.45) is 5.92 Å². The van der Waals surface area contributed by atoms with Gasteiger partial charge in [-0.25, -0.2) is 14.5 Å². The van der Waals surface area contributed by atoms with E-state index < -0.39 is 35.5 Å². The van der Waals surface area contributed by atoms with Crippen LogP contribution in [-0.2, 0) is 20.9 Å². The molecule has 1 aliphatic rings. The predicted molar refractivity (Wildman–Crippen MR) is 154 cm³/mol. The summed E-state index contributed by atoms with van der Waals surface area (Å²) in [5.41, 5.74) is 0.808. The number of benzene rings is 2. The van der Waals surface area contributed by atoms with E-state index in [1.165, 1.54) is 11.8 Å². The van der Waals surface area contributed by atoms with E-state index in [4.69, 9.17) is 0 Å². The Bertz CT molecular complexity index is 1240. The molecule has 2 aromatic rings. The SMILES string of the molecule is CC(=O)C[C@@H](C)NC(=O)[C@H](CC(C)C)N1C(=O)N(Cc2ccc(NC(=O)Nc3ccccc3)cc2)C(C)(C)C1=O. The fourth-order valence-electron chi connectivity index (χ4n) is 4.69. The first-order chi connectivity index (χ1) is 18.8. The number of ketones is 1. The molecule has 1 aliphatic heterocycles. The molecule has 2 atom stereocenters. The van der Waals surface area contributed by atoms with Crippen LogP contribution in [0.5, 0.6) is 0 Å². The fraction of sp³-hybridized carbons (Fsp3) is 0.433. The number of carbonyl (C=O) groups is 5. The van der Waals surface area contributed by atoms with Gasteiger partial charge in [-0.05, 0) is 69.9 Å². The van der Waals surface area contributed by atoms with Crippen molar-refractivity contribution in [1.29, 1.82) is 0 Å². The summed E-state index contributed by atoms with van der Waals surface area (Å²) >= 11 is 0. The van der Waals surface area contributed by atoms with E-state index in [2.05, 4.69) is 16.0 Å². The van der Waals surface area contributed by atoms with Crippen molar-refractivity contribution in [1.82, 2.24) is 15.1 Å². The highest BCUT2D eigenvalue weighted by atomic mass is 16.2. The van der Waals surface area contributed by atoms with E-state index in [1.807, 2.05) is 32.0 Å². The van der Waals surface area contributed by atoms with Gasteiger partial charge in [0.05, 0.1) is 0 Å². The maximum atomic E-state index is 13.6. The average Bonchev–Trinajstić information content (AvgIpc) is 3.02. The molecule has 10 nitrogen and oxygen atoms in total. The summed E-state index contributed by atoms with van der Waals surface area (Å²) in [6.07, 6.45) is 0.462. The Morgan fingerprint density at radius 2 is 1.45 bits per heavy atom. The molecule has 2 aromatic carbocycles. The number of para-hydroxylation sites is 1. The minimum Gasteiger partial charge on any atom is -0.351 e. The van der Waals surface area contributed by atoms with Gasteiger partial charge in [0.1, 0.15) is 17.4 Å². The highest BCUT2D eigenvalue weighted by Gasteiger charge is 2.54. The number of anilines is 2. The van der Waals surface area contributed by atoms with Crippen LogP contribution in [0.15, 0.2) is 54.6 Å². The molecule has 0 saturated carbocycles. The monoisotopic (exact) mass is 549 g/mol. The largest absolute Gasteiger partial charge is 0.351 e. The summed E-state index contributed by atoms with van der Waals surface area (Å²) in [7, 11) is 0. The van der Waals surface area contributed by atoms with Crippen LogP contribution >= 0.6 is 0 Å². The van der Waals surface area contributed by atoms with E-state index in [-0.39, 0.29) is 30.7 Å². The Labute approximate surface area is 235 Å². The van der Waals surface area contributed by atoms with Gasteiger partial charge in [0.15, 0.2) is 0 Å². The molecule has 214 valence electrons. The molecule has 6 amide bonds. The van der Waals surface area contributed by atoms with Gasteiger partial charge in [0.2, 0.25) is 5.91 Å². The van der Waals surface area contributed by atoms with Crippen molar-refractivity contribution in [2.75, 3.05) is 10.6 Å². The Morgan fingerprint density at radius 3 is 2.00 bits per heavy atom. The van der Waals surface area contributed by atoms with Gasteiger partial charge in [0.25, 0.3) is 5.91 Å². The van der Waals surface area contributed by atoms with E-state index >= 15 is 0 Å². The third-order valence-electron chi connectivity index (χ3n) is 6.73. The molecule has 0 spiro atoms. The summed E-state index contributed by atoms with van der Waals surface area (Å²) < 4.78 is 0. The van der Waals surface area contributed by atoms with Crippen molar-refractivity contribution in [3.8, 4) is 0 Å². The predicted octanol–water partition coefficient (Wildman–Crippen LogP) is 4.77. The zero-order valence-corrected chi connectivity index (χ0v) is 24.0. The number of imide groups is 1. The summed E-state index contributed by atoms with van der Waals surface area (Å²) in [6.45, 7) is 10.5. The van der Waals surface area contributed by atoms with Crippen LogP contribution in [-0.4, -0.2) is 57.1 Å². The van der Waals surface area contributed by atoms with Gasteiger partial charge in [-0.15, -0.1) is 0 Å².